The summed E-state index contributed by atoms with van der Waals surface area (Å²) in [6.07, 6.45) is 4.13. The van der Waals surface area contributed by atoms with Crippen LogP contribution in [0.3, 0.4) is 0 Å². The molecular weight excluding hydrogens is 310 g/mol. The maximum Gasteiger partial charge on any atom is 0.168 e. The Labute approximate surface area is 148 Å². The average Bonchev–Trinajstić information content (AvgIpc) is 3.08. The summed E-state index contributed by atoms with van der Waals surface area (Å²) >= 11 is 0. The fourth-order valence-corrected chi connectivity index (χ4v) is 3.42. The molecule has 0 spiro atoms. The molecule has 0 unspecified atom stereocenters. The summed E-state index contributed by atoms with van der Waals surface area (Å²) in [7, 11) is 1.89. The SMILES string of the molecule is Cn1cc(NC2CCN(c3cccc(-c4ccccc4)c3)CC2)nn1. The summed E-state index contributed by atoms with van der Waals surface area (Å²) in [6, 6.07) is 19.9. The van der Waals surface area contributed by atoms with Crippen LogP contribution < -0.4 is 10.2 Å². The van der Waals surface area contributed by atoms with Crippen molar-refractivity contribution in [2.75, 3.05) is 23.3 Å². The minimum absolute atomic E-state index is 0.463. The molecule has 1 aliphatic heterocycles. The third-order valence-corrected chi connectivity index (χ3v) is 4.77. The fourth-order valence-electron chi connectivity index (χ4n) is 3.42. The van der Waals surface area contributed by atoms with E-state index in [9.17, 15) is 0 Å². The first-order valence-electron chi connectivity index (χ1n) is 8.81. The molecule has 2 heterocycles. The van der Waals surface area contributed by atoms with E-state index >= 15 is 0 Å². The van der Waals surface area contributed by atoms with Gasteiger partial charge in [0.25, 0.3) is 0 Å². The van der Waals surface area contributed by atoms with Crippen molar-refractivity contribution in [2.45, 2.75) is 18.9 Å². The summed E-state index contributed by atoms with van der Waals surface area (Å²) in [4.78, 5) is 2.47. The molecule has 1 aliphatic rings. The normalized spacial score (nSPS) is 15.3. The average molecular weight is 333 g/mol. The zero-order valence-corrected chi connectivity index (χ0v) is 14.5. The molecule has 0 atom stereocenters. The predicted octanol–water partition coefficient (Wildman–Crippen LogP) is 3.56. The van der Waals surface area contributed by atoms with E-state index in [4.69, 9.17) is 0 Å². The van der Waals surface area contributed by atoms with Gasteiger partial charge in [-0.3, -0.25) is 4.68 Å². The third kappa shape index (κ3) is 3.65. The molecule has 128 valence electrons. The van der Waals surface area contributed by atoms with Gasteiger partial charge >= 0.3 is 0 Å². The van der Waals surface area contributed by atoms with E-state index in [1.165, 1.54) is 16.8 Å². The number of rotatable bonds is 4. The van der Waals surface area contributed by atoms with Gasteiger partial charge in [0, 0.05) is 31.9 Å². The number of hydrogen-bond donors (Lipinski definition) is 1. The second-order valence-corrected chi connectivity index (χ2v) is 6.60. The van der Waals surface area contributed by atoms with Gasteiger partial charge in [0.2, 0.25) is 0 Å². The van der Waals surface area contributed by atoms with Gasteiger partial charge in [-0.1, -0.05) is 47.7 Å². The Kier molecular flexibility index (Phi) is 4.37. The maximum absolute atomic E-state index is 4.12. The van der Waals surface area contributed by atoms with Gasteiger partial charge in [0.15, 0.2) is 5.82 Å². The minimum atomic E-state index is 0.463. The van der Waals surface area contributed by atoms with Crippen molar-refractivity contribution in [3.8, 4) is 11.1 Å². The van der Waals surface area contributed by atoms with Crippen LogP contribution in [0.4, 0.5) is 11.5 Å². The molecule has 25 heavy (non-hydrogen) atoms. The maximum atomic E-state index is 4.12. The Balaban J connectivity index is 1.41. The van der Waals surface area contributed by atoms with Crippen LogP contribution in [-0.2, 0) is 7.05 Å². The number of piperidine rings is 1. The van der Waals surface area contributed by atoms with Crippen LogP contribution in [-0.4, -0.2) is 34.1 Å². The van der Waals surface area contributed by atoms with Crippen LogP contribution in [0.15, 0.2) is 60.8 Å². The Morgan fingerprint density at radius 1 is 0.960 bits per heavy atom. The fraction of sp³-hybridized carbons (Fsp3) is 0.300. The predicted molar refractivity (Wildman–Crippen MR) is 102 cm³/mol. The first kappa shape index (κ1) is 15.7. The molecule has 1 aromatic heterocycles. The first-order valence-corrected chi connectivity index (χ1v) is 8.81. The molecule has 1 saturated heterocycles. The van der Waals surface area contributed by atoms with Crippen LogP contribution in [0.5, 0.6) is 0 Å². The highest BCUT2D eigenvalue weighted by Gasteiger charge is 2.20. The number of aromatic nitrogens is 3. The molecule has 3 aromatic rings. The molecule has 0 radical (unpaired) electrons. The van der Waals surface area contributed by atoms with Gasteiger partial charge in [-0.15, -0.1) is 5.10 Å². The van der Waals surface area contributed by atoms with Gasteiger partial charge < -0.3 is 10.2 Å². The third-order valence-electron chi connectivity index (χ3n) is 4.77. The number of nitrogens with zero attached hydrogens (tertiary/aromatic N) is 4. The molecule has 4 rings (SSSR count). The quantitative estimate of drug-likeness (QED) is 0.793. The van der Waals surface area contributed by atoms with E-state index in [-0.39, 0.29) is 0 Å². The highest BCUT2D eigenvalue weighted by atomic mass is 15.4. The van der Waals surface area contributed by atoms with Crippen molar-refractivity contribution in [3.05, 3.63) is 60.8 Å². The number of anilines is 2. The van der Waals surface area contributed by atoms with Crippen LogP contribution >= 0.6 is 0 Å². The summed E-state index contributed by atoms with van der Waals surface area (Å²) in [5.74, 6) is 0.868. The summed E-state index contributed by atoms with van der Waals surface area (Å²) in [5.41, 5.74) is 3.85. The number of hydrogen-bond acceptors (Lipinski definition) is 4. The standard InChI is InChI=1S/C20H23N5/c1-24-15-20(22-23-24)21-18-10-12-25(13-11-18)19-9-5-8-17(14-19)16-6-3-2-4-7-16/h2-9,14-15,18,21H,10-13H2,1H3. The van der Waals surface area contributed by atoms with Crippen molar-refractivity contribution >= 4 is 11.5 Å². The lowest BCUT2D eigenvalue weighted by Gasteiger charge is -2.34. The lowest BCUT2D eigenvalue weighted by Crippen LogP contribution is -2.39. The Morgan fingerprint density at radius 3 is 2.44 bits per heavy atom. The van der Waals surface area contributed by atoms with E-state index in [1.54, 1.807) is 4.68 Å². The number of aryl methyl sites for hydroxylation is 1. The number of benzene rings is 2. The monoisotopic (exact) mass is 333 g/mol. The van der Waals surface area contributed by atoms with E-state index in [0.717, 1.165) is 31.7 Å². The highest BCUT2D eigenvalue weighted by molar-refractivity contribution is 5.68. The molecule has 0 saturated carbocycles. The largest absolute Gasteiger partial charge is 0.371 e. The van der Waals surface area contributed by atoms with E-state index in [1.807, 2.05) is 13.2 Å². The molecule has 1 N–H and O–H groups in total. The Bertz CT molecular complexity index is 819. The summed E-state index contributed by atoms with van der Waals surface area (Å²) in [6.45, 7) is 2.10. The van der Waals surface area contributed by atoms with Gasteiger partial charge in [0.1, 0.15) is 0 Å². The summed E-state index contributed by atoms with van der Waals surface area (Å²) in [5, 5.41) is 11.6. The second-order valence-electron chi connectivity index (χ2n) is 6.60. The van der Waals surface area contributed by atoms with Gasteiger partial charge in [0.05, 0.1) is 6.20 Å². The molecule has 5 heteroatoms. The van der Waals surface area contributed by atoms with E-state index in [2.05, 4.69) is 75.1 Å². The van der Waals surface area contributed by atoms with E-state index < -0.39 is 0 Å². The highest BCUT2D eigenvalue weighted by Crippen LogP contribution is 2.27. The van der Waals surface area contributed by atoms with Crippen LogP contribution in [0.1, 0.15) is 12.8 Å². The van der Waals surface area contributed by atoms with Crippen LogP contribution in [0.2, 0.25) is 0 Å². The Hall–Kier alpha value is -2.82. The molecule has 0 aliphatic carbocycles. The first-order chi connectivity index (χ1) is 12.3. The minimum Gasteiger partial charge on any atom is -0.371 e. The molecule has 5 nitrogen and oxygen atoms in total. The smallest absolute Gasteiger partial charge is 0.168 e. The number of nitrogens with one attached hydrogen (secondary N) is 1. The summed E-state index contributed by atoms with van der Waals surface area (Å²) < 4.78 is 1.73. The van der Waals surface area contributed by atoms with Crippen LogP contribution in [0.25, 0.3) is 11.1 Å². The topological polar surface area (TPSA) is 46.0 Å². The van der Waals surface area contributed by atoms with E-state index in [0.29, 0.717) is 6.04 Å². The molecule has 0 bridgehead atoms. The zero-order valence-electron chi connectivity index (χ0n) is 14.5. The zero-order chi connectivity index (χ0) is 17.1. The van der Waals surface area contributed by atoms with Crippen molar-refractivity contribution in [3.63, 3.8) is 0 Å². The van der Waals surface area contributed by atoms with Gasteiger partial charge in [-0.05, 0) is 36.1 Å². The van der Waals surface area contributed by atoms with Crippen molar-refractivity contribution < 1.29 is 0 Å². The van der Waals surface area contributed by atoms with Crippen molar-refractivity contribution in [1.29, 1.82) is 0 Å². The molecule has 0 amide bonds. The van der Waals surface area contributed by atoms with Crippen LogP contribution in [0, 0.1) is 0 Å². The van der Waals surface area contributed by atoms with Crippen molar-refractivity contribution in [1.82, 2.24) is 15.0 Å². The lowest BCUT2D eigenvalue weighted by molar-refractivity contribution is 0.525. The molecule has 1 fully saturated rings. The molecular formula is C20H23N5. The molecule has 2 aromatic carbocycles. The lowest BCUT2D eigenvalue weighted by atomic mass is 10.0. The van der Waals surface area contributed by atoms with Gasteiger partial charge in [-0.2, -0.15) is 0 Å². The second kappa shape index (κ2) is 6.97. The van der Waals surface area contributed by atoms with Crippen molar-refractivity contribution in [2.24, 2.45) is 7.05 Å². The van der Waals surface area contributed by atoms with Gasteiger partial charge in [-0.25, -0.2) is 0 Å². The Morgan fingerprint density at radius 2 is 1.72 bits per heavy atom.